The van der Waals surface area contributed by atoms with Crippen molar-refractivity contribution >= 4 is 5.97 Å². The van der Waals surface area contributed by atoms with Gasteiger partial charge in [0.2, 0.25) is 5.60 Å². The fourth-order valence-corrected chi connectivity index (χ4v) is 0.833. The van der Waals surface area contributed by atoms with Crippen LogP contribution in [-0.4, -0.2) is 23.3 Å². The van der Waals surface area contributed by atoms with Crippen LogP contribution in [-0.2, 0) is 9.53 Å². The molecule has 1 unspecified atom stereocenters. The molecule has 1 atom stereocenters. The first-order chi connectivity index (χ1) is 4.69. The number of cyclic esters (lactones) is 1. The third-order valence-corrected chi connectivity index (χ3v) is 1.37. The zero-order chi connectivity index (χ0) is 7.61. The lowest BCUT2D eigenvalue weighted by atomic mass is 10.0. The van der Waals surface area contributed by atoms with Crippen LogP contribution >= 0.6 is 0 Å². The molecule has 3 nitrogen and oxygen atoms in total. The molecule has 3 heteroatoms. The molecule has 10 heavy (non-hydrogen) atoms. The molecule has 1 rings (SSSR count). The van der Waals surface area contributed by atoms with E-state index in [0.29, 0.717) is 0 Å². The summed E-state index contributed by atoms with van der Waals surface area (Å²) in [4.78, 5) is 10.7. The Morgan fingerprint density at radius 1 is 1.80 bits per heavy atom. The summed E-state index contributed by atoms with van der Waals surface area (Å²) in [6.45, 7) is 1.84. The summed E-state index contributed by atoms with van der Waals surface area (Å²) < 4.78 is 4.53. The van der Waals surface area contributed by atoms with Gasteiger partial charge in [-0.3, -0.25) is 0 Å². The molecule has 0 aliphatic carbocycles. The number of carbonyl (C=O) groups is 1. The lowest BCUT2D eigenvalue weighted by Gasteiger charge is -2.06. The maximum Gasteiger partial charge on any atom is 0.351 e. The van der Waals surface area contributed by atoms with E-state index in [2.05, 4.69) is 16.6 Å². The van der Waals surface area contributed by atoms with E-state index in [9.17, 15) is 9.90 Å². The van der Waals surface area contributed by atoms with Gasteiger partial charge >= 0.3 is 5.97 Å². The molecular weight excluding hydrogens is 132 g/mol. The van der Waals surface area contributed by atoms with Gasteiger partial charge in [0, 0.05) is 6.42 Å². The Bertz CT molecular complexity index is 211. The minimum absolute atomic E-state index is 0.268. The molecule has 1 saturated heterocycles. The second kappa shape index (κ2) is 2.31. The molecule has 1 aliphatic heterocycles. The zero-order valence-electron chi connectivity index (χ0n) is 5.68. The van der Waals surface area contributed by atoms with Crippen LogP contribution in [0, 0.1) is 11.8 Å². The van der Waals surface area contributed by atoms with Gasteiger partial charge in [-0.25, -0.2) is 4.79 Å². The summed E-state index contributed by atoms with van der Waals surface area (Å²) >= 11 is 0. The van der Waals surface area contributed by atoms with Crippen molar-refractivity contribution in [1.82, 2.24) is 0 Å². The van der Waals surface area contributed by atoms with Crippen LogP contribution in [0.3, 0.4) is 0 Å². The predicted molar refractivity (Wildman–Crippen MR) is 34.0 cm³/mol. The number of carbonyl (C=O) groups excluding carboxylic acids is 1. The van der Waals surface area contributed by atoms with Crippen LogP contribution in [0.2, 0.25) is 0 Å². The maximum atomic E-state index is 10.7. The molecule has 0 bridgehead atoms. The molecule has 1 N–H and O–H groups in total. The molecular formula is C7H8O3. The SMILES string of the molecule is CC#CC1(O)CCOC1=O. The number of hydrogen-bond acceptors (Lipinski definition) is 3. The Hall–Kier alpha value is -1.01. The zero-order valence-corrected chi connectivity index (χ0v) is 5.68. The number of ether oxygens (including phenoxy) is 1. The third kappa shape index (κ3) is 0.981. The van der Waals surface area contributed by atoms with Crippen molar-refractivity contribution in [3.63, 3.8) is 0 Å². The first-order valence-electron chi connectivity index (χ1n) is 3.02. The Morgan fingerprint density at radius 2 is 2.50 bits per heavy atom. The highest BCUT2D eigenvalue weighted by molar-refractivity contribution is 5.84. The predicted octanol–water partition coefficient (Wildman–Crippen LogP) is -0.312. The molecule has 0 aromatic rings. The van der Waals surface area contributed by atoms with E-state index in [1.807, 2.05) is 0 Å². The van der Waals surface area contributed by atoms with Crippen molar-refractivity contribution in [3.05, 3.63) is 0 Å². The van der Waals surface area contributed by atoms with E-state index in [-0.39, 0.29) is 13.0 Å². The first kappa shape index (κ1) is 7.10. The summed E-state index contributed by atoms with van der Waals surface area (Å²) in [7, 11) is 0. The molecule has 0 aromatic carbocycles. The van der Waals surface area contributed by atoms with Crippen LogP contribution in [0.4, 0.5) is 0 Å². The normalized spacial score (nSPS) is 30.8. The highest BCUT2D eigenvalue weighted by Gasteiger charge is 2.40. The summed E-state index contributed by atoms with van der Waals surface area (Å²) in [5.74, 6) is 4.26. The van der Waals surface area contributed by atoms with E-state index in [4.69, 9.17) is 0 Å². The quantitative estimate of drug-likeness (QED) is 0.371. The number of rotatable bonds is 0. The smallest absolute Gasteiger partial charge is 0.351 e. The molecule has 0 aromatic heterocycles. The lowest BCUT2D eigenvalue weighted by Crippen LogP contribution is -2.31. The van der Waals surface area contributed by atoms with Crippen LogP contribution in [0.25, 0.3) is 0 Å². The van der Waals surface area contributed by atoms with Gasteiger partial charge in [-0.15, -0.1) is 5.92 Å². The average molecular weight is 140 g/mol. The fourth-order valence-electron chi connectivity index (χ4n) is 0.833. The third-order valence-electron chi connectivity index (χ3n) is 1.37. The second-order valence-corrected chi connectivity index (χ2v) is 2.12. The van der Waals surface area contributed by atoms with Crippen LogP contribution < -0.4 is 0 Å². The van der Waals surface area contributed by atoms with Crippen molar-refractivity contribution in [1.29, 1.82) is 0 Å². The standard InChI is InChI=1S/C7H8O3/c1-2-3-7(9)4-5-10-6(7)8/h9H,4-5H2,1H3. The summed E-state index contributed by atoms with van der Waals surface area (Å²) in [5, 5.41) is 9.31. The lowest BCUT2D eigenvalue weighted by molar-refractivity contribution is -0.148. The van der Waals surface area contributed by atoms with Crippen LogP contribution in [0.1, 0.15) is 13.3 Å². The Kier molecular flexibility index (Phi) is 1.64. The van der Waals surface area contributed by atoms with Crippen molar-refractivity contribution in [3.8, 4) is 11.8 Å². The van der Waals surface area contributed by atoms with E-state index in [0.717, 1.165) is 0 Å². The second-order valence-electron chi connectivity index (χ2n) is 2.12. The number of hydrogen-bond donors (Lipinski definition) is 1. The van der Waals surface area contributed by atoms with E-state index in [1.54, 1.807) is 6.92 Å². The van der Waals surface area contributed by atoms with Gasteiger partial charge in [0.1, 0.15) is 0 Å². The van der Waals surface area contributed by atoms with Crippen LogP contribution in [0.5, 0.6) is 0 Å². The minimum atomic E-state index is -1.52. The van der Waals surface area contributed by atoms with Crippen molar-refractivity contribution in [2.75, 3.05) is 6.61 Å². The molecule has 1 fully saturated rings. The average Bonchev–Trinajstić information content (AvgIpc) is 2.15. The summed E-state index contributed by atoms with van der Waals surface area (Å²) in [6.07, 6.45) is 0.284. The highest BCUT2D eigenvalue weighted by atomic mass is 16.6. The van der Waals surface area contributed by atoms with Gasteiger partial charge in [-0.05, 0) is 6.92 Å². The van der Waals surface area contributed by atoms with Gasteiger partial charge in [0.15, 0.2) is 0 Å². The minimum Gasteiger partial charge on any atom is -0.463 e. The van der Waals surface area contributed by atoms with Crippen LogP contribution in [0.15, 0.2) is 0 Å². The fraction of sp³-hybridized carbons (Fsp3) is 0.571. The number of aliphatic hydroxyl groups is 1. The van der Waals surface area contributed by atoms with Gasteiger partial charge in [0.05, 0.1) is 6.61 Å². The van der Waals surface area contributed by atoms with E-state index >= 15 is 0 Å². The monoisotopic (exact) mass is 140 g/mol. The number of esters is 1. The largest absolute Gasteiger partial charge is 0.463 e. The molecule has 0 spiro atoms. The Morgan fingerprint density at radius 3 is 2.90 bits per heavy atom. The van der Waals surface area contributed by atoms with Crippen molar-refractivity contribution in [2.24, 2.45) is 0 Å². The Labute approximate surface area is 59.0 Å². The first-order valence-corrected chi connectivity index (χ1v) is 3.02. The molecule has 1 heterocycles. The summed E-state index contributed by atoms with van der Waals surface area (Å²) in [6, 6.07) is 0. The molecule has 0 amide bonds. The van der Waals surface area contributed by atoms with Crippen molar-refractivity contribution in [2.45, 2.75) is 18.9 Å². The molecule has 0 saturated carbocycles. The maximum absolute atomic E-state index is 10.7. The van der Waals surface area contributed by atoms with E-state index < -0.39 is 11.6 Å². The topological polar surface area (TPSA) is 46.5 Å². The molecule has 1 aliphatic rings. The van der Waals surface area contributed by atoms with Gasteiger partial charge in [0.25, 0.3) is 0 Å². The molecule has 0 radical (unpaired) electrons. The van der Waals surface area contributed by atoms with E-state index in [1.165, 1.54) is 0 Å². The van der Waals surface area contributed by atoms with Gasteiger partial charge < -0.3 is 9.84 Å². The van der Waals surface area contributed by atoms with Crippen molar-refractivity contribution < 1.29 is 14.6 Å². The van der Waals surface area contributed by atoms with Gasteiger partial charge in [-0.1, -0.05) is 5.92 Å². The Balaban J connectivity index is 2.82. The molecule has 54 valence electrons. The highest BCUT2D eigenvalue weighted by Crippen LogP contribution is 2.18. The summed E-state index contributed by atoms with van der Waals surface area (Å²) in [5.41, 5.74) is -1.52. The van der Waals surface area contributed by atoms with Gasteiger partial charge in [-0.2, -0.15) is 0 Å².